The number of amides is 1. The third kappa shape index (κ3) is 3.60. The molecule has 0 aromatic heterocycles. The Kier molecular flexibility index (Phi) is 4.28. The number of hydrogen-bond donors (Lipinski definition) is 0. The predicted octanol–water partition coefficient (Wildman–Crippen LogP) is 2.75. The normalized spacial score (nSPS) is 11.7. The Labute approximate surface area is 103 Å². The van der Waals surface area contributed by atoms with E-state index < -0.39 is 16.6 Å². The lowest BCUT2D eigenvalue weighted by molar-refractivity contribution is -0.384. The number of benzene rings is 1. The predicted molar refractivity (Wildman–Crippen MR) is 63.3 cm³/mol. The quantitative estimate of drug-likeness (QED) is 0.475. The maximum atomic E-state index is 11.5. The fourth-order valence-electron chi connectivity index (χ4n) is 1.12. The minimum Gasteiger partial charge on any atom is -0.430 e. The van der Waals surface area contributed by atoms with E-state index in [-0.39, 0.29) is 5.69 Å². The number of non-ortho nitro benzene ring substituents is 1. The zero-order chi connectivity index (χ0) is 13.0. The van der Waals surface area contributed by atoms with Crippen LogP contribution in [0.25, 0.3) is 0 Å². The molecule has 0 heterocycles. The molecule has 1 atom stereocenters. The first-order valence-corrected chi connectivity index (χ1v) is 5.18. The summed E-state index contributed by atoms with van der Waals surface area (Å²) in [6.45, 7) is 1.52. The molecule has 0 saturated heterocycles. The van der Waals surface area contributed by atoms with Crippen LogP contribution in [-0.2, 0) is 4.74 Å². The van der Waals surface area contributed by atoms with Gasteiger partial charge in [-0.1, -0.05) is 11.6 Å². The first-order valence-electron chi connectivity index (χ1n) is 4.74. The van der Waals surface area contributed by atoms with Crippen LogP contribution in [-0.4, -0.2) is 23.6 Å². The van der Waals surface area contributed by atoms with Gasteiger partial charge < -0.3 is 4.74 Å². The summed E-state index contributed by atoms with van der Waals surface area (Å²) >= 11 is 5.51. The number of ether oxygens (including phenoxy) is 1. The van der Waals surface area contributed by atoms with Crippen LogP contribution in [0.5, 0.6) is 0 Å². The molecule has 0 saturated carbocycles. The van der Waals surface area contributed by atoms with Gasteiger partial charge in [-0.25, -0.2) is 4.79 Å². The SMILES string of the molecule is CC(Cl)OC(=O)N(C)c1ccc([N+](=O)[O-])cc1. The average Bonchev–Trinajstić information content (AvgIpc) is 2.27. The van der Waals surface area contributed by atoms with Crippen molar-refractivity contribution in [1.29, 1.82) is 0 Å². The number of anilines is 1. The molecule has 0 spiro atoms. The first-order chi connectivity index (χ1) is 7.91. The number of hydrogen-bond acceptors (Lipinski definition) is 4. The van der Waals surface area contributed by atoms with Crippen molar-refractivity contribution in [3.63, 3.8) is 0 Å². The highest BCUT2D eigenvalue weighted by Gasteiger charge is 2.15. The van der Waals surface area contributed by atoms with Crippen molar-refractivity contribution < 1.29 is 14.5 Å². The third-order valence-electron chi connectivity index (χ3n) is 1.98. The molecule has 17 heavy (non-hydrogen) atoms. The average molecular weight is 259 g/mol. The standard InChI is InChI=1S/C10H11ClN2O4/c1-7(11)17-10(14)12(2)8-3-5-9(6-4-8)13(15)16/h3-7H,1-2H3. The fourth-order valence-corrected chi connectivity index (χ4v) is 1.20. The fraction of sp³-hybridized carbons (Fsp3) is 0.300. The molecule has 1 rings (SSSR count). The summed E-state index contributed by atoms with van der Waals surface area (Å²) < 4.78 is 4.76. The largest absolute Gasteiger partial charge is 0.430 e. The highest BCUT2D eigenvalue weighted by molar-refractivity contribution is 6.20. The molecule has 0 aliphatic heterocycles. The van der Waals surface area contributed by atoms with Crippen molar-refractivity contribution >= 4 is 29.1 Å². The Hall–Kier alpha value is -1.82. The van der Waals surface area contributed by atoms with Gasteiger partial charge >= 0.3 is 6.09 Å². The van der Waals surface area contributed by atoms with Crippen LogP contribution >= 0.6 is 11.6 Å². The van der Waals surface area contributed by atoms with Gasteiger partial charge in [0.2, 0.25) is 0 Å². The number of halogens is 1. The first kappa shape index (κ1) is 13.2. The zero-order valence-electron chi connectivity index (χ0n) is 9.29. The van der Waals surface area contributed by atoms with Crippen molar-refractivity contribution in [2.45, 2.75) is 12.5 Å². The van der Waals surface area contributed by atoms with Crippen LogP contribution in [0.3, 0.4) is 0 Å². The van der Waals surface area contributed by atoms with E-state index in [1.807, 2.05) is 0 Å². The van der Waals surface area contributed by atoms with Crippen LogP contribution in [0.2, 0.25) is 0 Å². The van der Waals surface area contributed by atoms with Crippen LogP contribution < -0.4 is 4.90 Å². The Morgan fingerprint density at radius 3 is 2.41 bits per heavy atom. The summed E-state index contributed by atoms with van der Waals surface area (Å²) in [4.78, 5) is 22.6. The molecule has 0 N–H and O–H groups in total. The zero-order valence-corrected chi connectivity index (χ0v) is 10.0. The summed E-state index contributed by atoms with van der Waals surface area (Å²) in [7, 11) is 1.49. The second-order valence-corrected chi connectivity index (χ2v) is 3.87. The van der Waals surface area contributed by atoms with E-state index in [4.69, 9.17) is 16.3 Å². The second kappa shape index (κ2) is 5.49. The summed E-state index contributed by atoms with van der Waals surface area (Å²) in [5.74, 6) is 0. The number of nitrogens with zero attached hydrogens (tertiary/aromatic N) is 2. The van der Waals surface area contributed by atoms with Crippen molar-refractivity contribution in [3.8, 4) is 0 Å². The van der Waals surface area contributed by atoms with Gasteiger partial charge in [0, 0.05) is 24.9 Å². The van der Waals surface area contributed by atoms with Crippen LogP contribution in [0.15, 0.2) is 24.3 Å². The van der Waals surface area contributed by atoms with Gasteiger partial charge in [0.1, 0.15) is 0 Å². The molecule has 92 valence electrons. The maximum Gasteiger partial charge on any atom is 0.415 e. The molecule has 1 amide bonds. The number of nitro groups is 1. The molecular formula is C10H11ClN2O4. The van der Waals surface area contributed by atoms with Gasteiger partial charge in [-0.05, 0) is 19.1 Å². The molecule has 0 fully saturated rings. The summed E-state index contributed by atoms with van der Waals surface area (Å²) in [6.07, 6.45) is -0.624. The Morgan fingerprint density at radius 2 is 2.00 bits per heavy atom. The molecule has 7 heteroatoms. The minimum absolute atomic E-state index is 0.0405. The Balaban J connectivity index is 2.79. The molecule has 0 aliphatic rings. The van der Waals surface area contributed by atoms with E-state index in [0.717, 1.165) is 0 Å². The summed E-state index contributed by atoms with van der Waals surface area (Å²) in [5.41, 5.74) is -0.290. The molecule has 1 aromatic carbocycles. The summed E-state index contributed by atoms with van der Waals surface area (Å²) in [6, 6.07) is 5.53. The topological polar surface area (TPSA) is 72.7 Å². The monoisotopic (exact) mass is 258 g/mol. The van der Waals surface area contributed by atoms with Crippen LogP contribution in [0.4, 0.5) is 16.2 Å². The second-order valence-electron chi connectivity index (χ2n) is 3.26. The van der Waals surface area contributed by atoms with Crippen LogP contribution in [0, 0.1) is 10.1 Å². The van der Waals surface area contributed by atoms with Gasteiger partial charge in [-0.15, -0.1) is 0 Å². The molecule has 0 radical (unpaired) electrons. The van der Waals surface area contributed by atoms with Crippen molar-refractivity contribution in [2.75, 3.05) is 11.9 Å². The Bertz CT molecular complexity index is 419. The van der Waals surface area contributed by atoms with Gasteiger partial charge in [0.25, 0.3) is 5.69 Å². The van der Waals surface area contributed by atoms with Crippen LogP contribution in [0.1, 0.15) is 6.92 Å². The van der Waals surface area contributed by atoms with Gasteiger partial charge in [0.05, 0.1) is 4.92 Å². The van der Waals surface area contributed by atoms with E-state index >= 15 is 0 Å². The molecular weight excluding hydrogens is 248 g/mol. The third-order valence-corrected chi connectivity index (χ3v) is 2.07. The number of carbonyl (C=O) groups is 1. The van der Waals surface area contributed by atoms with E-state index in [1.165, 1.54) is 43.1 Å². The van der Waals surface area contributed by atoms with E-state index in [9.17, 15) is 14.9 Å². The lowest BCUT2D eigenvalue weighted by Crippen LogP contribution is -2.28. The maximum absolute atomic E-state index is 11.5. The minimum atomic E-state index is -0.733. The van der Waals surface area contributed by atoms with Gasteiger partial charge in [0.15, 0.2) is 5.56 Å². The highest BCUT2D eigenvalue weighted by Crippen LogP contribution is 2.19. The lowest BCUT2D eigenvalue weighted by Gasteiger charge is -2.17. The molecule has 1 aromatic rings. The molecule has 0 bridgehead atoms. The Morgan fingerprint density at radius 1 is 1.47 bits per heavy atom. The van der Waals surface area contributed by atoms with Crippen molar-refractivity contribution in [3.05, 3.63) is 34.4 Å². The highest BCUT2D eigenvalue weighted by atomic mass is 35.5. The number of alkyl halides is 1. The van der Waals surface area contributed by atoms with Gasteiger partial charge in [-0.2, -0.15) is 0 Å². The summed E-state index contributed by atoms with van der Waals surface area (Å²) in [5, 5.41) is 10.4. The molecule has 6 nitrogen and oxygen atoms in total. The van der Waals surface area contributed by atoms with E-state index in [0.29, 0.717) is 5.69 Å². The van der Waals surface area contributed by atoms with Crippen molar-refractivity contribution in [1.82, 2.24) is 0 Å². The molecule has 1 unspecified atom stereocenters. The lowest BCUT2D eigenvalue weighted by atomic mass is 10.3. The number of nitro benzene ring substituents is 1. The number of rotatable bonds is 3. The van der Waals surface area contributed by atoms with Crippen molar-refractivity contribution in [2.24, 2.45) is 0 Å². The number of carbonyl (C=O) groups excluding carboxylic acids is 1. The molecule has 0 aliphatic carbocycles. The van der Waals surface area contributed by atoms with Gasteiger partial charge in [-0.3, -0.25) is 15.0 Å². The smallest absolute Gasteiger partial charge is 0.415 e. The van der Waals surface area contributed by atoms with E-state index in [1.54, 1.807) is 0 Å². The van der Waals surface area contributed by atoms with E-state index in [2.05, 4.69) is 0 Å².